The lowest BCUT2D eigenvalue weighted by Gasteiger charge is -2.32. The molecule has 1 amide bonds. The highest BCUT2D eigenvalue weighted by Crippen LogP contribution is 2.58. The molecule has 1 aromatic carbocycles. The van der Waals surface area contributed by atoms with Gasteiger partial charge in [-0.3, -0.25) is 4.79 Å². The van der Waals surface area contributed by atoms with Gasteiger partial charge in [0.15, 0.2) is 0 Å². The van der Waals surface area contributed by atoms with Crippen LogP contribution in [0.25, 0.3) is 11.0 Å². The van der Waals surface area contributed by atoms with Crippen LogP contribution in [-0.4, -0.2) is 47.3 Å². The minimum Gasteiger partial charge on any atom is -0.353 e. The molecule has 4 fully saturated rings. The first kappa shape index (κ1) is 23.5. The van der Waals surface area contributed by atoms with Crippen molar-refractivity contribution < 1.29 is 13.2 Å². The van der Waals surface area contributed by atoms with Gasteiger partial charge in [0, 0.05) is 38.5 Å². The third-order valence-electron chi connectivity index (χ3n) is 9.30. The van der Waals surface area contributed by atoms with Crippen molar-refractivity contribution >= 4 is 27.0 Å². The lowest BCUT2D eigenvalue weighted by Crippen LogP contribution is -2.42. The van der Waals surface area contributed by atoms with Gasteiger partial charge in [-0.15, -0.1) is 0 Å². The molecule has 6 rings (SSSR count). The summed E-state index contributed by atoms with van der Waals surface area (Å²) in [5.74, 6) is 4.30. The van der Waals surface area contributed by atoms with E-state index in [0.29, 0.717) is 48.3 Å². The van der Waals surface area contributed by atoms with Crippen LogP contribution >= 0.6 is 0 Å². The second kappa shape index (κ2) is 9.18. The summed E-state index contributed by atoms with van der Waals surface area (Å²) in [6.07, 6.45) is 10.4. The summed E-state index contributed by atoms with van der Waals surface area (Å²) in [6.45, 7) is 4.12. The first-order valence-corrected chi connectivity index (χ1v) is 15.2. The number of imidazole rings is 1. The van der Waals surface area contributed by atoms with Crippen LogP contribution in [0, 0.1) is 23.7 Å². The molecule has 0 unspecified atom stereocenters. The van der Waals surface area contributed by atoms with E-state index in [2.05, 4.69) is 16.8 Å². The zero-order chi connectivity index (χ0) is 24.2. The molecule has 1 saturated heterocycles. The minimum atomic E-state index is -3.48. The van der Waals surface area contributed by atoms with Crippen molar-refractivity contribution in [3.8, 4) is 0 Å². The third kappa shape index (κ3) is 4.10. The number of aryl methyl sites for hydroxylation is 2. The number of nitrogens with zero attached hydrogens (tertiary/aromatic N) is 3. The molecule has 1 aliphatic heterocycles. The lowest BCUT2D eigenvalue weighted by atomic mass is 9.79. The summed E-state index contributed by atoms with van der Waals surface area (Å²) in [5, 5.41) is 3.38. The Kier molecular flexibility index (Phi) is 6.16. The molecule has 0 radical (unpaired) electrons. The second-order valence-electron chi connectivity index (χ2n) is 11.3. The molecule has 0 spiro atoms. The number of rotatable bonds is 8. The molecule has 8 heteroatoms. The largest absolute Gasteiger partial charge is 0.353 e. The number of nitrogens with one attached hydrogen (secondary N) is 1. The molecule has 3 aliphatic carbocycles. The number of sulfonamides is 1. The molecule has 1 N–H and O–H groups in total. The maximum Gasteiger partial charge on any atom is 0.243 e. The first-order chi connectivity index (χ1) is 17.0. The van der Waals surface area contributed by atoms with Crippen LogP contribution in [-0.2, 0) is 27.8 Å². The molecule has 2 aromatic rings. The zero-order valence-corrected chi connectivity index (χ0v) is 21.6. The van der Waals surface area contributed by atoms with E-state index in [-0.39, 0.29) is 5.91 Å². The lowest BCUT2D eigenvalue weighted by molar-refractivity contribution is -0.122. The third-order valence-corrected chi connectivity index (χ3v) is 11.2. The van der Waals surface area contributed by atoms with Crippen LogP contribution in [0.3, 0.4) is 0 Å². The van der Waals surface area contributed by atoms with E-state index in [4.69, 9.17) is 4.98 Å². The molecular weight excluding hydrogens is 460 g/mol. The van der Waals surface area contributed by atoms with E-state index in [1.807, 2.05) is 6.07 Å². The highest BCUT2D eigenvalue weighted by molar-refractivity contribution is 7.89. The predicted molar refractivity (Wildman–Crippen MR) is 135 cm³/mol. The average Bonchev–Trinajstić information content (AvgIpc) is 3.65. The topological polar surface area (TPSA) is 84.3 Å². The van der Waals surface area contributed by atoms with Crippen molar-refractivity contribution in [2.75, 3.05) is 13.1 Å². The van der Waals surface area contributed by atoms with Crippen LogP contribution in [0.1, 0.15) is 70.5 Å². The first-order valence-electron chi connectivity index (χ1n) is 13.7. The molecule has 190 valence electrons. The number of carbonyl (C=O) groups is 1. The Balaban J connectivity index is 1.16. The summed E-state index contributed by atoms with van der Waals surface area (Å²) < 4.78 is 29.8. The van der Waals surface area contributed by atoms with Crippen LogP contribution in [0.4, 0.5) is 0 Å². The highest BCUT2D eigenvalue weighted by atomic mass is 32.2. The Morgan fingerprint density at radius 2 is 1.89 bits per heavy atom. The number of hydrogen-bond acceptors (Lipinski definition) is 4. The van der Waals surface area contributed by atoms with E-state index in [9.17, 15) is 13.2 Å². The zero-order valence-electron chi connectivity index (χ0n) is 20.8. The van der Waals surface area contributed by atoms with E-state index in [1.54, 1.807) is 16.4 Å². The van der Waals surface area contributed by atoms with Crippen molar-refractivity contribution in [3.63, 3.8) is 0 Å². The van der Waals surface area contributed by atoms with Gasteiger partial charge in [0.05, 0.1) is 15.9 Å². The monoisotopic (exact) mass is 498 g/mol. The van der Waals surface area contributed by atoms with E-state index >= 15 is 0 Å². The number of amides is 1. The molecule has 3 saturated carbocycles. The summed E-state index contributed by atoms with van der Waals surface area (Å²) >= 11 is 0. The minimum absolute atomic E-state index is 0.129. The van der Waals surface area contributed by atoms with Crippen LogP contribution in [0.2, 0.25) is 0 Å². The Hall–Kier alpha value is -1.93. The second-order valence-corrected chi connectivity index (χ2v) is 13.2. The molecular formula is C27H38N4O3S. The van der Waals surface area contributed by atoms with Gasteiger partial charge in [-0.2, -0.15) is 4.31 Å². The maximum atomic E-state index is 13.0. The molecule has 2 heterocycles. The van der Waals surface area contributed by atoms with Crippen molar-refractivity contribution in [1.82, 2.24) is 19.2 Å². The molecule has 7 nitrogen and oxygen atoms in total. The smallest absolute Gasteiger partial charge is 0.243 e. The van der Waals surface area contributed by atoms with Gasteiger partial charge in [0.1, 0.15) is 5.82 Å². The van der Waals surface area contributed by atoms with Gasteiger partial charge in [0.25, 0.3) is 0 Å². The van der Waals surface area contributed by atoms with Gasteiger partial charge in [-0.05, 0) is 86.8 Å². The van der Waals surface area contributed by atoms with E-state index in [0.717, 1.165) is 54.9 Å². The molecule has 2 bridgehead atoms. The Morgan fingerprint density at radius 3 is 2.69 bits per heavy atom. The Bertz CT molecular complexity index is 1220. The number of aromatic nitrogens is 2. The SMILES string of the molecule is CCCn1c(CCC(=O)N[C@@H]2C[C@H]3C[C@H]2[C@@H]2CCC[C@@H]32)nc2cc(S(=O)(=O)N3CCCC3)ccc21. The molecule has 1 aromatic heterocycles. The highest BCUT2D eigenvalue weighted by Gasteiger charge is 2.53. The standard InChI is InChI=1S/C27H38N4O3S/c1-2-12-31-25-9-8-19(35(33,34)30-13-3-4-14-30)17-24(25)28-26(31)10-11-27(32)29-23-16-18-15-22(23)21-7-5-6-20(18)21/h8-9,17-18,20-23H,2-7,10-16H2,1H3,(H,29,32)/t18-,20+,21-,22+,23-/m1/s1. The van der Waals surface area contributed by atoms with Gasteiger partial charge in [-0.25, -0.2) is 13.4 Å². The van der Waals surface area contributed by atoms with E-state index < -0.39 is 10.0 Å². The van der Waals surface area contributed by atoms with Crippen molar-refractivity contribution in [1.29, 1.82) is 0 Å². The number of hydrogen-bond donors (Lipinski definition) is 1. The summed E-state index contributed by atoms with van der Waals surface area (Å²) in [5.41, 5.74) is 1.65. The fourth-order valence-electron chi connectivity index (χ4n) is 7.80. The van der Waals surface area contributed by atoms with Crippen LogP contribution in [0.5, 0.6) is 0 Å². The summed E-state index contributed by atoms with van der Waals surface area (Å²) in [7, 11) is -3.48. The van der Waals surface area contributed by atoms with Gasteiger partial charge in [0.2, 0.25) is 15.9 Å². The number of benzene rings is 1. The van der Waals surface area contributed by atoms with Crippen molar-refractivity contribution in [3.05, 3.63) is 24.0 Å². The molecule has 4 aliphatic rings. The predicted octanol–water partition coefficient (Wildman–Crippen LogP) is 4.10. The summed E-state index contributed by atoms with van der Waals surface area (Å²) in [6, 6.07) is 5.68. The van der Waals surface area contributed by atoms with Gasteiger partial charge < -0.3 is 9.88 Å². The van der Waals surface area contributed by atoms with Gasteiger partial charge >= 0.3 is 0 Å². The van der Waals surface area contributed by atoms with Crippen LogP contribution < -0.4 is 5.32 Å². The summed E-state index contributed by atoms with van der Waals surface area (Å²) in [4.78, 5) is 18.1. The average molecular weight is 499 g/mol. The fraction of sp³-hybridized carbons (Fsp3) is 0.704. The quantitative estimate of drug-likeness (QED) is 0.594. The number of fused-ring (bicyclic) bond motifs is 6. The number of carbonyl (C=O) groups excluding carboxylic acids is 1. The molecule has 35 heavy (non-hydrogen) atoms. The van der Waals surface area contributed by atoms with Crippen molar-refractivity contribution in [2.45, 2.75) is 88.6 Å². The van der Waals surface area contributed by atoms with E-state index in [1.165, 1.54) is 32.1 Å². The Morgan fingerprint density at radius 1 is 1.09 bits per heavy atom. The fourth-order valence-corrected chi connectivity index (χ4v) is 9.34. The Labute approximate surface area is 208 Å². The normalized spacial score (nSPS) is 30.4. The van der Waals surface area contributed by atoms with Gasteiger partial charge in [-0.1, -0.05) is 13.3 Å². The maximum absolute atomic E-state index is 13.0. The molecule has 5 atom stereocenters. The van der Waals surface area contributed by atoms with Crippen LogP contribution in [0.15, 0.2) is 23.1 Å². The van der Waals surface area contributed by atoms with Crippen molar-refractivity contribution in [2.24, 2.45) is 23.7 Å².